The van der Waals surface area contributed by atoms with Gasteiger partial charge in [0.1, 0.15) is 12.3 Å². The van der Waals surface area contributed by atoms with E-state index in [0.717, 1.165) is 11.1 Å². The van der Waals surface area contributed by atoms with Gasteiger partial charge in [0.15, 0.2) is 0 Å². The van der Waals surface area contributed by atoms with Crippen LogP contribution in [0.4, 0.5) is 0 Å². The third-order valence-electron chi connectivity index (χ3n) is 3.58. The van der Waals surface area contributed by atoms with Gasteiger partial charge in [0.2, 0.25) is 5.91 Å². The van der Waals surface area contributed by atoms with Crippen LogP contribution in [0, 0.1) is 6.92 Å². The van der Waals surface area contributed by atoms with E-state index in [1.54, 1.807) is 18.4 Å². The molecule has 1 aromatic carbocycles. The van der Waals surface area contributed by atoms with Crippen LogP contribution in [0.2, 0.25) is 0 Å². The molecule has 2 heterocycles. The molecule has 0 aliphatic heterocycles. The van der Waals surface area contributed by atoms with Crippen molar-refractivity contribution in [3.05, 3.63) is 76.7 Å². The number of nitrogens with zero attached hydrogens (tertiary/aromatic N) is 2. The van der Waals surface area contributed by atoms with E-state index < -0.39 is 0 Å². The standard InChI is InChI=1S/C18H17N3O3/c1-13-4-6-14(7-5-13)16-9-18(23)21(12-20-16)11-17(22)19-10-15-3-2-8-24-15/h2-9,12H,10-11H2,1H3,(H,19,22). The minimum absolute atomic E-state index is 0.0826. The van der Waals surface area contributed by atoms with Gasteiger partial charge < -0.3 is 9.73 Å². The number of nitrogens with one attached hydrogen (secondary N) is 1. The molecule has 24 heavy (non-hydrogen) atoms. The van der Waals surface area contributed by atoms with E-state index >= 15 is 0 Å². The number of rotatable bonds is 5. The van der Waals surface area contributed by atoms with Crippen LogP contribution in [-0.4, -0.2) is 15.5 Å². The first-order valence-electron chi connectivity index (χ1n) is 7.54. The Hall–Kier alpha value is -3.15. The molecule has 0 saturated carbocycles. The van der Waals surface area contributed by atoms with E-state index in [-0.39, 0.29) is 24.6 Å². The maximum atomic E-state index is 12.2. The lowest BCUT2D eigenvalue weighted by atomic mass is 10.1. The summed E-state index contributed by atoms with van der Waals surface area (Å²) in [7, 11) is 0. The Bertz CT molecular complexity index is 881. The normalized spacial score (nSPS) is 10.5. The lowest BCUT2D eigenvalue weighted by Gasteiger charge is -2.07. The van der Waals surface area contributed by atoms with E-state index in [1.165, 1.54) is 17.0 Å². The predicted molar refractivity (Wildman–Crippen MR) is 89.2 cm³/mol. The van der Waals surface area contributed by atoms with Gasteiger partial charge in [-0.05, 0) is 19.1 Å². The van der Waals surface area contributed by atoms with Gasteiger partial charge in [-0.1, -0.05) is 29.8 Å². The zero-order chi connectivity index (χ0) is 16.9. The summed E-state index contributed by atoms with van der Waals surface area (Å²) in [5.74, 6) is 0.377. The van der Waals surface area contributed by atoms with Crippen molar-refractivity contribution < 1.29 is 9.21 Å². The van der Waals surface area contributed by atoms with Gasteiger partial charge in [-0.2, -0.15) is 0 Å². The van der Waals surface area contributed by atoms with E-state index in [0.29, 0.717) is 11.5 Å². The van der Waals surface area contributed by atoms with Crippen molar-refractivity contribution in [3.63, 3.8) is 0 Å². The lowest BCUT2D eigenvalue weighted by Crippen LogP contribution is -2.31. The van der Waals surface area contributed by atoms with Crippen molar-refractivity contribution in [2.75, 3.05) is 0 Å². The number of carbonyl (C=O) groups excluding carboxylic acids is 1. The zero-order valence-electron chi connectivity index (χ0n) is 13.2. The smallest absolute Gasteiger partial charge is 0.254 e. The quantitative estimate of drug-likeness (QED) is 0.780. The van der Waals surface area contributed by atoms with Crippen molar-refractivity contribution >= 4 is 5.91 Å². The summed E-state index contributed by atoms with van der Waals surface area (Å²) in [6, 6.07) is 12.7. The van der Waals surface area contributed by atoms with Gasteiger partial charge in [0.25, 0.3) is 5.56 Å². The highest BCUT2D eigenvalue weighted by atomic mass is 16.3. The van der Waals surface area contributed by atoms with Crippen molar-refractivity contribution in [2.45, 2.75) is 20.0 Å². The second-order valence-corrected chi connectivity index (χ2v) is 5.46. The molecule has 6 heteroatoms. The molecular formula is C18H17N3O3. The van der Waals surface area contributed by atoms with Gasteiger partial charge in [-0.15, -0.1) is 0 Å². The highest BCUT2D eigenvalue weighted by Gasteiger charge is 2.07. The molecule has 3 rings (SSSR count). The van der Waals surface area contributed by atoms with Gasteiger partial charge >= 0.3 is 0 Å². The molecule has 0 radical (unpaired) electrons. The summed E-state index contributed by atoms with van der Waals surface area (Å²) < 4.78 is 6.41. The van der Waals surface area contributed by atoms with Crippen LogP contribution in [0.15, 0.2) is 64.3 Å². The average molecular weight is 323 g/mol. The molecule has 0 atom stereocenters. The van der Waals surface area contributed by atoms with E-state index in [2.05, 4.69) is 10.3 Å². The van der Waals surface area contributed by atoms with E-state index in [1.807, 2.05) is 31.2 Å². The minimum Gasteiger partial charge on any atom is -0.467 e. The Morgan fingerprint density at radius 1 is 1.25 bits per heavy atom. The molecule has 122 valence electrons. The lowest BCUT2D eigenvalue weighted by molar-refractivity contribution is -0.122. The summed E-state index contributed by atoms with van der Waals surface area (Å²) >= 11 is 0. The van der Waals surface area contributed by atoms with Gasteiger partial charge in [0.05, 0.1) is 24.8 Å². The molecule has 2 aromatic heterocycles. The summed E-state index contributed by atoms with van der Waals surface area (Å²) in [5, 5.41) is 2.69. The molecule has 0 spiro atoms. The molecule has 6 nitrogen and oxygen atoms in total. The van der Waals surface area contributed by atoms with Gasteiger partial charge in [-0.3, -0.25) is 14.2 Å². The van der Waals surface area contributed by atoms with Crippen LogP contribution in [0.25, 0.3) is 11.3 Å². The summed E-state index contributed by atoms with van der Waals surface area (Å²) in [6.45, 7) is 2.20. The summed E-state index contributed by atoms with van der Waals surface area (Å²) in [5.41, 5.74) is 2.33. The Kier molecular flexibility index (Phi) is 4.56. The fourth-order valence-electron chi connectivity index (χ4n) is 2.24. The van der Waals surface area contributed by atoms with Crippen LogP contribution in [0.3, 0.4) is 0 Å². The first-order chi connectivity index (χ1) is 11.6. The monoisotopic (exact) mass is 323 g/mol. The maximum Gasteiger partial charge on any atom is 0.254 e. The van der Waals surface area contributed by atoms with Crippen LogP contribution in [0.1, 0.15) is 11.3 Å². The largest absolute Gasteiger partial charge is 0.467 e. The predicted octanol–water partition coefficient (Wildman–Crippen LogP) is 2.13. The first kappa shape index (κ1) is 15.7. The van der Waals surface area contributed by atoms with Crippen molar-refractivity contribution in [1.82, 2.24) is 14.9 Å². The molecule has 1 amide bonds. The number of amides is 1. The number of hydrogen-bond donors (Lipinski definition) is 1. The number of furan rings is 1. The zero-order valence-corrected chi connectivity index (χ0v) is 13.2. The maximum absolute atomic E-state index is 12.2. The van der Waals surface area contributed by atoms with Crippen LogP contribution in [-0.2, 0) is 17.9 Å². The van der Waals surface area contributed by atoms with Gasteiger partial charge in [-0.25, -0.2) is 4.98 Å². The van der Waals surface area contributed by atoms with E-state index in [9.17, 15) is 9.59 Å². The van der Waals surface area contributed by atoms with Crippen LogP contribution < -0.4 is 10.9 Å². The topological polar surface area (TPSA) is 77.1 Å². The SMILES string of the molecule is Cc1ccc(-c2cc(=O)n(CC(=O)NCc3ccco3)cn2)cc1. The van der Waals surface area contributed by atoms with Crippen LogP contribution >= 0.6 is 0 Å². The molecule has 0 saturated heterocycles. The first-order valence-corrected chi connectivity index (χ1v) is 7.54. The number of aryl methyl sites for hydroxylation is 1. The Balaban J connectivity index is 1.67. The molecule has 0 aliphatic carbocycles. The Morgan fingerprint density at radius 3 is 2.71 bits per heavy atom. The molecule has 3 aromatic rings. The van der Waals surface area contributed by atoms with Crippen molar-refractivity contribution in [3.8, 4) is 11.3 Å². The van der Waals surface area contributed by atoms with E-state index in [4.69, 9.17) is 4.42 Å². The average Bonchev–Trinajstić information content (AvgIpc) is 3.09. The second-order valence-electron chi connectivity index (χ2n) is 5.46. The van der Waals surface area contributed by atoms with Crippen molar-refractivity contribution in [1.29, 1.82) is 0 Å². The third kappa shape index (κ3) is 3.78. The van der Waals surface area contributed by atoms with Crippen molar-refractivity contribution in [2.24, 2.45) is 0 Å². The van der Waals surface area contributed by atoms with Gasteiger partial charge in [0, 0.05) is 11.6 Å². The highest BCUT2D eigenvalue weighted by molar-refractivity contribution is 5.75. The Labute approximate surface area is 138 Å². The highest BCUT2D eigenvalue weighted by Crippen LogP contribution is 2.15. The molecule has 0 aliphatic rings. The fraction of sp³-hybridized carbons (Fsp3) is 0.167. The molecule has 0 unspecified atom stereocenters. The third-order valence-corrected chi connectivity index (χ3v) is 3.58. The number of benzene rings is 1. The minimum atomic E-state index is -0.279. The van der Waals surface area contributed by atoms with Crippen LogP contribution in [0.5, 0.6) is 0 Å². The summed E-state index contributed by atoms with van der Waals surface area (Å²) in [4.78, 5) is 28.4. The Morgan fingerprint density at radius 2 is 2.04 bits per heavy atom. The number of hydrogen-bond acceptors (Lipinski definition) is 4. The number of carbonyl (C=O) groups is 1. The molecule has 0 fully saturated rings. The molecule has 0 bridgehead atoms. The molecule has 1 N–H and O–H groups in total. The summed E-state index contributed by atoms with van der Waals surface area (Å²) in [6.07, 6.45) is 2.93. The molecular weight excluding hydrogens is 306 g/mol. The number of aromatic nitrogens is 2. The second kappa shape index (κ2) is 6.95. The fourth-order valence-corrected chi connectivity index (χ4v) is 2.24.